The van der Waals surface area contributed by atoms with Crippen molar-refractivity contribution in [2.24, 2.45) is 0 Å². The van der Waals surface area contributed by atoms with E-state index >= 15 is 0 Å². The van der Waals surface area contributed by atoms with Crippen LogP contribution in [0.25, 0.3) is 0 Å². The zero-order valence-electron chi connectivity index (χ0n) is 13.1. The van der Waals surface area contributed by atoms with Gasteiger partial charge in [0, 0.05) is 42.7 Å². The van der Waals surface area contributed by atoms with Crippen LogP contribution >= 0.6 is 0 Å². The summed E-state index contributed by atoms with van der Waals surface area (Å²) < 4.78 is 33.6. The van der Waals surface area contributed by atoms with Gasteiger partial charge in [-0.1, -0.05) is 19.8 Å². The molecule has 116 valence electrons. The lowest BCUT2D eigenvalue weighted by molar-refractivity contribution is 0.0779. The second-order valence-electron chi connectivity index (χ2n) is 4.13. The molecule has 0 aliphatic rings. The minimum atomic E-state index is -2.90. The summed E-state index contributed by atoms with van der Waals surface area (Å²) in [6, 6.07) is 0. The third kappa shape index (κ3) is 4.08. The maximum atomic E-state index is 5.60. The quantitative estimate of drug-likeness (QED) is 0.543. The molecule has 0 aromatic carbocycles. The van der Waals surface area contributed by atoms with Gasteiger partial charge in [0.05, 0.1) is 5.16 Å². The number of hydrogen-bond acceptors (Lipinski definition) is 6. The zero-order valence-corrected chi connectivity index (χ0v) is 15.1. The lowest BCUT2D eigenvalue weighted by Gasteiger charge is -2.39. The third-order valence-corrected chi connectivity index (χ3v) is 11.2. The van der Waals surface area contributed by atoms with Gasteiger partial charge < -0.3 is 26.6 Å². The van der Waals surface area contributed by atoms with Gasteiger partial charge >= 0.3 is 17.6 Å². The number of unbranched alkanes of at least 4 members (excludes halogenated alkanes) is 1. The Morgan fingerprint density at radius 2 is 1.00 bits per heavy atom. The first-order valence-corrected chi connectivity index (χ1v) is 9.97. The zero-order chi connectivity index (χ0) is 14.9. The maximum absolute atomic E-state index is 5.60. The Morgan fingerprint density at radius 1 is 0.684 bits per heavy atom. The summed E-state index contributed by atoms with van der Waals surface area (Å²) >= 11 is 0. The molecule has 0 aromatic heterocycles. The minimum Gasteiger partial charge on any atom is -0.377 e. The highest BCUT2D eigenvalue weighted by Crippen LogP contribution is 2.38. The molecule has 8 heteroatoms. The normalized spacial score (nSPS) is 13.3. The molecule has 0 atom stereocenters. The maximum Gasteiger partial charge on any atom is 0.507 e. The van der Waals surface area contributed by atoms with Crippen molar-refractivity contribution in [1.29, 1.82) is 0 Å². The molecule has 0 saturated heterocycles. The largest absolute Gasteiger partial charge is 0.507 e. The van der Waals surface area contributed by atoms with Gasteiger partial charge in [0.25, 0.3) is 0 Å². The summed E-state index contributed by atoms with van der Waals surface area (Å²) in [5, 5.41) is -0.139. The molecule has 0 rings (SSSR count). The molecule has 0 unspecified atom stereocenters. The topological polar surface area (TPSA) is 55.4 Å². The molecule has 0 saturated carbocycles. The van der Waals surface area contributed by atoms with E-state index in [4.69, 9.17) is 26.6 Å². The summed E-state index contributed by atoms with van der Waals surface area (Å²) in [6.45, 7) is 2.13. The van der Waals surface area contributed by atoms with Gasteiger partial charge in [-0.05, 0) is 6.42 Å². The summed E-state index contributed by atoms with van der Waals surface area (Å²) in [5.74, 6) is 0. The summed E-state index contributed by atoms with van der Waals surface area (Å²) in [7, 11) is 3.78. The van der Waals surface area contributed by atoms with Gasteiger partial charge in [-0.15, -0.1) is 0 Å². The summed E-state index contributed by atoms with van der Waals surface area (Å²) in [6.07, 6.45) is 2.88. The average molecular weight is 313 g/mol. The van der Waals surface area contributed by atoms with Crippen molar-refractivity contribution in [3.63, 3.8) is 0 Å². The van der Waals surface area contributed by atoms with Crippen LogP contribution in [0, 0.1) is 0 Å². The second-order valence-corrected chi connectivity index (χ2v) is 11.0. The predicted molar refractivity (Wildman–Crippen MR) is 76.8 cm³/mol. The van der Waals surface area contributed by atoms with Crippen LogP contribution in [-0.4, -0.2) is 60.3 Å². The van der Waals surface area contributed by atoms with Crippen molar-refractivity contribution >= 4 is 17.6 Å². The predicted octanol–water partition coefficient (Wildman–Crippen LogP) is 1.84. The van der Waals surface area contributed by atoms with E-state index in [0.29, 0.717) is 0 Å². The lowest BCUT2D eigenvalue weighted by Crippen LogP contribution is -2.62. The van der Waals surface area contributed by atoms with Gasteiger partial charge in [0.1, 0.15) is 0 Å². The molecule has 19 heavy (non-hydrogen) atoms. The number of rotatable bonds is 11. The molecule has 0 fully saturated rings. The van der Waals surface area contributed by atoms with Crippen molar-refractivity contribution < 1.29 is 26.6 Å². The minimum absolute atomic E-state index is 0.139. The highest BCUT2D eigenvalue weighted by atomic mass is 28.5. The van der Waals surface area contributed by atoms with Crippen LogP contribution < -0.4 is 0 Å². The van der Waals surface area contributed by atoms with Gasteiger partial charge in [-0.3, -0.25) is 0 Å². The van der Waals surface area contributed by atoms with Crippen molar-refractivity contribution in [2.75, 3.05) is 42.7 Å². The van der Waals surface area contributed by atoms with Crippen LogP contribution in [-0.2, 0) is 26.6 Å². The molecule has 0 N–H and O–H groups in total. The van der Waals surface area contributed by atoms with Crippen LogP contribution in [0.4, 0.5) is 0 Å². The molecule has 0 radical (unpaired) electrons. The Morgan fingerprint density at radius 3 is 1.21 bits per heavy atom. The van der Waals surface area contributed by atoms with Crippen LogP contribution in [0.5, 0.6) is 0 Å². The molecular weight excluding hydrogens is 284 g/mol. The highest BCUT2D eigenvalue weighted by molar-refractivity contribution is 6.82. The molecule has 0 aliphatic heterocycles. The van der Waals surface area contributed by atoms with E-state index in [0.717, 1.165) is 19.3 Å². The lowest BCUT2D eigenvalue weighted by atomic mass is 10.3. The van der Waals surface area contributed by atoms with E-state index in [1.807, 2.05) is 0 Å². The molecule has 0 spiro atoms. The monoisotopic (exact) mass is 312 g/mol. The SMILES string of the molecule is CCCCC([Si](OC)(OC)OC)[Si](OC)(OC)OC. The summed E-state index contributed by atoms with van der Waals surface area (Å²) in [5.41, 5.74) is 0. The number of hydrogen-bond donors (Lipinski definition) is 0. The average Bonchev–Trinajstić information content (AvgIpc) is 2.48. The van der Waals surface area contributed by atoms with Crippen LogP contribution in [0.15, 0.2) is 0 Å². The van der Waals surface area contributed by atoms with Crippen LogP contribution in [0.2, 0.25) is 5.16 Å². The molecule has 0 aliphatic carbocycles. The van der Waals surface area contributed by atoms with Crippen LogP contribution in [0.3, 0.4) is 0 Å². The van der Waals surface area contributed by atoms with Crippen LogP contribution in [0.1, 0.15) is 26.2 Å². The summed E-state index contributed by atoms with van der Waals surface area (Å²) in [4.78, 5) is 0. The van der Waals surface area contributed by atoms with Crippen molar-refractivity contribution in [1.82, 2.24) is 0 Å². The van der Waals surface area contributed by atoms with E-state index in [2.05, 4.69) is 6.92 Å². The van der Waals surface area contributed by atoms with Crippen molar-refractivity contribution in [3.8, 4) is 0 Å². The molecule has 0 aromatic rings. The van der Waals surface area contributed by atoms with E-state index in [1.54, 1.807) is 42.7 Å². The first-order chi connectivity index (χ1) is 9.06. The van der Waals surface area contributed by atoms with Crippen molar-refractivity contribution in [2.45, 2.75) is 31.4 Å². The molecule has 0 bridgehead atoms. The Balaban J connectivity index is 5.49. The van der Waals surface area contributed by atoms with E-state index in [1.165, 1.54) is 0 Å². The fourth-order valence-corrected chi connectivity index (χ4v) is 10.0. The van der Waals surface area contributed by atoms with Gasteiger partial charge in [0.2, 0.25) is 0 Å². The molecule has 0 heterocycles. The second kappa shape index (κ2) is 9.19. The molecule has 6 nitrogen and oxygen atoms in total. The van der Waals surface area contributed by atoms with Gasteiger partial charge in [-0.25, -0.2) is 0 Å². The smallest absolute Gasteiger partial charge is 0.377 e. The Kier molecular flexibility index (Phi) is 9.28. The first kappa shape index (κ1) is 19.2. The molecule has 0 amide bonds. The Bertz CT molecular complexity index is 197. The first-order valence-electron chi connectivity index (χ1n) is 6.37. The Labute approximate surface area is 119 Å². The molecular formula is C11H28O6Si2. The van der Waals surface area contributed by atoms with E-state index < -0.39 is 17.6 Å². The van der Waals surface area contributed by atoms with Crippen molar-refractivity contribution in [3.05, 3.63) is 0 Å². The van der Waals surface area contributed by atoms with Gasteiger partial charge in [-0.2, -0.15) is 0 Å². The van der Waals surface area contributed by atoms with E-state index in [-0.39, 0.29) is 5.16 Å². The Hall–Kier alpha value is 0.194. The fraction of sp³-hybridized carbons (Fsp3) is 1.00. The third-order valence-electron chi connectivity index (χ3n) is 3.41. The highest BCUT2D eigenvalue weighted by Gasteiger charge is 2.63. The van der Waals surface area contributed by atoms with E-state index in [9.17, 15) is 0 Å². The fourth-order valence-electron chi connectivity index (χ4n) is 2.33. The van der Waals surface area contributed by atoms with Gasteiger partial charge in [0.15, 0.2) is 0 Å². The standard InChI is InChI=1S/C11H28O6Si2/c1-8-9-10-11(18(12-2,13-3)14-4)19(15-5,16-6)17-7/h11H,8-10H2,1-7H3.